The summed E-state index contributed by atoms with van der Waals surface area (Å²) in [5.41, 5.74) is -0.284. The molecule has 0 radical (unpaired) electrons. The average molecular weight is 309 g/mol. The molecule has 3 nitrogen and oxygen atoms in total. The Morgan fingerprint density at radius 3 is 2.64 bits per heavy atom. The largest absolute Gasteiger partial charge is 0.415 e. The molecule has 1 rings (SSSR count). The lowest BCUT2D eigenvalue weighted by atomic mass is 10.0. The van der Waals surface area contributed by atoms with Gasteiger partial charge in [-0.15, -0.1) is 0 Å². The van der Waals surface area contributed by atoms with Crippen molar-refractivity contribution in [3.8, 4) is 0 Å². The van der Waals surface area contributed by atoms with Gasteiger partial charge in [-0.1, -0.05) is 13.3 Å². The van der Waals surface area contributed by atoms with Gasteiger partial charge in [-0.2, -0.15) is 0 Å². The number of ether oxygens (including phenoxy) is 1. The van der Waals surface area contributed by atoms with E-state index in [9.17, 15) is 4.79 Å². The molecule has 0 aliphatic carbocycles. The maximum absolute atomic E-state index is 11.5. The van der Waals surface area contributed by atoms with Gasteiger partial charge in [-0.3, -0.25) is 4.90 Å². The van der Waals surface area contributed by atoms with Gasteiger partial charge >= 0.3 is 6.09 Å². The number of carbonyl (C=O) groups is 1. The van der Waals surface area contributed by atoms with Crippen molar-refractivity contribution in [3.05, 3.63) is 9.84 Å². The Balaban J connectivity index is 2.79. The highest BCUT2D eigenvalue weighted by Crippen LogP contribution is 2.34. The summed E-state index contributed by atoms with van der Waals surface area (Å²) < 4.78 is 7.01. The molecule has 1 amide bonds. The van der Waals surface area contributed by atoms with Crippen LogP contribution in [-0.4, -0.2) is 23.1 Å². The van der Waals surface area contributed by atoms with Crippen molar-refractivity contribution >= 4 is 28.7 Å². The van der Waals surface area contributed by atoms with E-state index in [0.29, 0.717) is 0 Å². The lowest BCUT2D eigenvalue weighted by Gasteiger charge is -2.28. The highest BCUT2D eigenvalue weighted by Gasteiger charge is 2.43. The molecule has 0 unspecified atom stereocenters. The van der Waals surface area contributed by atoms with E-state index in [2.05, 4.69) is 29.5 Å². The zero-order valence-corrected chi connectivity index (χ0v) is 11.0. The minimum absolute atomic E-state index is 0.216. The van der Waals surface area contributed by atoms with E-state index in [4.69, 9.17) is 4.74 Å². The van der Waals surface area contributed by atoms with Crippen LogP contribution in [-0.2, 0) is 4.74 Å². The van der Waals surface area contributed by atoms with Gasteiger partial charge in [0.05, 0.1) is 5.54 Å². The number of nitrogens with zero attached hydrogens (tertiary/aromatic N) is 1. The van der Waals surface area contributed by atoms with E-state index in [-0.39, 0.29) is 11.6 Å². The van der Waals surface area contributed by atoms with E-state index in [1.807, 2.05) is 17.9 Å². The second-order valence-corrected chi connectivity index (χ2v) is 4.53. The molecule has 0 aromatic rings. The summed E-state index contributed by atoms with van der Waals surface area (Å²) in [5.74, 6) is 0.749. The molecule has 14 heavy (non-hydrogen) atoms. The van der Waals surface area contributed by atoms with Gasteiger partial charge in [-0.05, 0) is 42.9 Å². The second-order valence-electron chi connectivity index (χ2n) is 3.91. The second kappa shape index (κ2) is 4.51. The Kier molecular flexibility index (Phi) is 3.80. The fraction of sp³-hybridized carbons (Fsp3) is 0.700. The average Bonchev–Trinajstić information content (AvgIpc) is 2.34. The Morgan fingerprint density at radius 2 is 2.21 bits per heavy atom. The van der Waals surface area contributed by atoms with Gasteiger partial charge in [0.25, 0.3) is 0 Å². The number of amides is 1. The van der Waals surface area contributed by atoms with Crippen LogP contribution in [0.5, 0.6) is 0 Å². The third-order valence-corrected chi connectivity index (χ3v) is 3.10. The fourth-order valence-electron chi connectivity index (χ4n) is 1.48. The predicted molar refractivity (Wildman–Crippen MR) is 64.3 cm³/mol. The molecule has 1 aliphatic rings. The van der Waals surface area contributed by atoms with Crippen LogP contribution in [0.1, 0.15) is 33.6 Å². The number of rotatable bonds is 3. The van der Waals surface area contributed by atoms with E-state index in [1.54, 1.807) is 4.90 Å². The smallest absolute Gasteiger partial charge is 0.412 e. The van der Waals surface area contributed by atoms with Crippen molar-refractivity contribution in [2.75, 3.05) is 6.54 Å². The molecule has 80 valence electrons. The maximum atomic E-state index is 11.5. The first-order valence-electron chi connectivity index (χ1n) is 4.84. The molecular weight excluding hydrogens is 293 g/mol. The Bertz CT molecular complexity index is 261. The summed E-state index contributed by atoms with van der Waals surface area (Å²) in [6, 6.07) is 0. The zero-order chi connectivity index (χ0) is 10.8. The summed E-state index contributed by atoms with van der Waals surface area (Å²) in [6.07, 6.45) is 1.89. The van der Waals surface area contributed by atoms with Crippen LogP contribution >= 0.6 is 22.6 Å². The first-order valence-corrected chi connectivity index (χ1v) is 6.09. The quantitative estimate of drug-likeness (QED) is 0.749. The molecule has 1 aliphatic heterocycles. The Labute approximate surface area is 98.6 Å². The number of hydrogen-bond acceptors (Lipinski definition) is 2. The number of cyclic esters (lactones) is 1. The van der Waals surface area contributed by atoms with Crippen molar-refractivity contribution in [2.24, 2.45) is 0 Å². The lowest BCUT2D eigenvalue weighted by molar-refractivity contribution is 0.156. The summed E-state index contributed by atoms with van der Waals surface area (Å²) in [4.78, 5) is 13.3. The van der Waals surface area contributed by atoms with Crippen LogP contribution < -0.4 is 0 Å². The lowest BCUT2D eigenvalue weighted by Crippen LogP contribution is -2.41. The highest BCUT2D eigenvalue weighted by atomic mass is 127. The van der Waals surface area contributed by atoms with Gasteiger partial charge < -0.3 is 4.74 Å². The first kappa shape index (κ1) is 11.8. The van der Waals surface area contributed by atoms with Crippen molar-refractivity contribution in [3.63, 3.8) is 0 Å². The van der Waals surface area contributed by atoms with Crippen LogP contribution in [0.15, 0.2) is 9.84 Å². The van der Waals surface area contributed by atoms with Crippen molar-refractivity contribution < 1.29 is 9.53 Å². The van der Waals surface area contributed by atoms with Gasteiger partial charge in [0.15, 0.2) is 0 Å². The molecule has 1 heterocycles. The Morgan fingerprint density at radius 1 is 1.57 bits per heavy atom. The number of unbranched alkanes of at least 4 members (excludes halogenated alkanes) is 1. The molecule has 0 bridgehead atoms. The molecule has 0 N–H and O–H groups in total. The molecule has 0 aromatic carbocycles. The summed E-state index contributed by atoms with van der Waals surface area (Å²) in [6.45, 7) is 6.91. The van der Waals surface area contributed by atoms with E-state index in [1.165, 1.54) is 0 Å². The van der Waals surface area contributed by atoms with Crippen LogP contribution in [0.4, 0.5) is 4.79 Å². The molecule has 0 saturated carbocycles. The molecule has 0 spiro atoms. The molecular formula is C10H16INO2. The van der Waals surface area contributed by atoms with Gasteiger partial charge in [0, 0.05) is 10.6 Å². The number of carbonyl (C=O) groups excluding carboxylic acids is 1. The highest BCUT2D eigenvalue weighted by molar-refractivity contribution is 14.1. The molecule has 4 heteroatoms. The molecule has 1 fully saturated rings. The zero-order valence-electron chi connectivity index (χ0n) is 8.84. The van der Waals surface area contributed by atoms with Crippen molar-refractivity contribution in [1.82, 2.24) is 4.90 Å². The van der Waals surface area contributed by atoms with E-state index in [0.717, 1.165) is 25.1 Å². The van der Waals surface area contributed by atoms with E-state index < -0.39 is 0 Å². The first-order chi connectivity index (χ1) is 6.54. The van der Waals surface area contributed by atoms with Crippen molar-refractivity contribution in [1.29, 1.82) is 0 Å². The van der Waals surface area contributed by atoms with Gasteiger partial charge in [0.2, 0.25) is 0 Å². The van der Waals surface area contributed by atoms with Gasteiger partial charge in [0.1, 0.15) is 5.76 Å². The van der Waals surface area contributed by atoms with Crippen LogP contribution in [0.2, 0.25) is 0 Å². The van der Waals surface area contributed by atoms with Crippen molar-refractivity contribution in [2.45, 2.75) is 39.2 Å². The standard InChI is InChI=1S/C10H16INO2/c1-4-5-6-12-9(13)14-8(7-11)10(12,2)3/h7H,4-6H2,1-3H3/b8-7+. The normalized spacial score (nSPS) is 23.0. The number of hydrogen-bond donors (Lipinski definition) is 0. The topological polar surface area (TPSA) is 29.5 Å². The minimum atomic E-state index is -0.284. The SMILES string of the molecule is CCCCN1C(=O)O/C(=C/I)C1(C)C. The van der Waals surface area contributed by atoms with Crippen LogP contribution in [0, 0.1) is 0 Å². The van der Waals surface area contributed by atoms with E-state index >= 15 is 0 Å². The third kappa shape index (κ3) is 2.04. The summed E-state index contributed by atoms with van der Waals surface area (Å²) in [7, 11) is 0. The Hall–Kier alpha value is -0.260. The minimum Gasteiger partial charge on any atom is -0.412 e. The molecule has 1 saturated heterocycles. The third-order valence-electron chi connectivity index (χ3n) is 2.53. The molecule has 0 aromatic heterocycles. The predicted octanol–water partition coefficient (Wildman–Crippen LogP) is 3.29. The van der Waals surface area contributed by atoms with Gasteiger partial charge in [-0.25, -0.2) is 4.79 Å². The number of halogens is 1. The summed E-state index contributed by atoms with van der Waals surface area (Å²) >= 11 is 2.11. The maximum Gasteiger partial charge on any atom is 0.415 e. The van der Waals surface area contributed by atoms with Crippen LogP contribution in [0.25, 0.3) is 0 Å². The fourth-order valence-corrected chi connectivity index (χ4v) is 2.37. The monoisotopic (exact) mass is 309 g/mol. The van der Waals surface area contributed by atoms with Crippen LogP contribution in [0.3, 0.4) is 0 Å². The molecule has 0 atom stereocenters. The summed E-state index contributed by atoms with van der Waals surface area (Å²) in [5, 5.41) is 0.